The number of ether oxygens (including phenoxy) is 1. The Morgan fingerprint density at radius 1 is 1.80 bits per heavy atom. The zero-order valence-electron chi connectivity index (χ0n) is 8.77. The van der Waals surface area contributed by atoms with E-state index >= 15 is 0 Å². The molecule has 1 saturated heterocycles. The second kappa shape index (κ2) is 4.44. The summed E-state index contributed by atoms with van der Waals surface area (Å²) < 4.78 is 6.74. The standard InChI is InChI=1S/C10H15N3O2/c1-13-6-8(4-12-13)2-3-10(14)11-5-9-7-15-9/h4,6,9H,2-3,5,7H2,1H3,(H,11,14)/t9-/m0/s1. The SMILES string of the molecule is Cn1cc(CCC(=O)NC[C@H]2CO2)cn1. The van der Waals surface area contributed by atoms with Crippen LogP contribution in [0.25, 0.3) is 0 Å². The van der Waals surface area contributed by atoms with E-state index in [1.165, 1.54) is 0 Å². The van der Waals surface area contributed by atoms with Gasteiger partial charge in [-0.05, 0) is 12.0 Å². The van der Waals surface area contributed by atoms with Gasteiger partial charge in [0, 0.05) is 26.2 Å². The second-order valence-electron chi connectivity index (χ2n) is 3.78. The molecule has 82 valence electrons. The molecule has 0 aliphatic carbocycles. The van der Waals surface area contributed by atoms with Crippen LogP contribution in [-0.4, -0.2) is 34.9 Å². The minimum Gasteiger partial charge on any atom is -0.371 e. The monoisotopic (exact) mass is 209 g/mol. The topological polar surface area (TPSA) is 59.5 Å². The third-order valence-corrected chi connectivity index (χ3v) is 2.33. The molecule has 5 heteroatoms. The van der Waals surface area contributed by atoms with Crippen LogP contribution in [0, 0.1) is 0 Å². The fraction of sp³-hybridized carbons (Fsp3) is 0.600. The first-order chi connectivity index (χ1) is 7.24. The lowest BCUT2D eigenvalue weighted by molar-refractivity contribution is -0.121. The van der Waals surface area contributed by atoms with Crippen LogP contribution in [0.2, 0.25) is 0 Å². The smallest absolute Gasteiger partial charge is 0.220 e. The normalized spacial score (nSPS) is 18.9. The van der Waals surface area contributed by atoms with Gasteiger partial charge in [-0.1, -0.05) is 0 Å². The molecule has 1 aromatic heterocycles. The molecule has 1 fully saturated rings. The Labute approximate surface area is 88.4 Å². The Morgan fingerprint density at radius 3 is 3.20 bits per heavy atom. The molecule has 0 radical (unpaired) electrons. The molecule has 1 atom stereocenters. The van der Waals surface area contributed by atoms with Gasteiger partial charge in [0.2, 0.25) is 5.91 Å². The summed E-state index contributed by atoms with van der Waals surface area (Å²) in [4.78, 5) is 11.4. The highest BCUT2D eigenvalue weighted by molar-refractivity contribution is 5.76. The quantitative estimate of drug-likeness (QED) is 0.687. The predicted octanol–water partition coefficient (Wildman–Crippen LogP) is -0.132. The predicted molar refractivity (Wildman–Crippen MR) is 54.3 cm³/mol. The molecule has 1 aliphatic rings. The van der Waals surface area contributed by atoms with E-state index in [2.05, 4.69) is 10.4 Å². The minimum absolute atomic E-state index is 0.0781. The van der Waals surface area contributed by atoms with Crippen molar-refractivity contribution in [3.63, 3.8) is 0 Å². The molecule has 0 bridgehead atoms. The first-order valence-electron chi connectivity index (χ1n) is 5.10. The highest BCUT2D eigenvalue weighted by Gasteiger charge is 2.22. The number of hydrogen-bond donors (Lipinski definition) is 1. The Kier molecular flexibility index (Phi) is 3.01. The highest BCUT2D eigenvalue weighted by atomic mass is 16.6. The third-order valence-electron chi connectivity index (χ3n) is 2.33. The van der Waals surface area contributed by atoms with Gasteiger partial charge in [-0.2, -0.15) is 5.10 Å². The number of aromatic nitrogens is 2. The van der Waals surface area contributed by atoms with Crippen molar-refractivity contribution >= 4 is 5.91 Å². The van der Waals surface area contributed by atoms with Crippen LogP contribution in [0.1, 0.15) is 12.0 Å². The van der Waals surface area contributed by atoms with Crippen molar-refractivity contribution in [3.05, 3.63) is 18.0 Å². The maximum Gasteiger partial charge on any atom is 0.220 e. The Morgan fingerprint density at radius 2 is 2.60 bits per heavy atom. The van der Waals surface area contributed by atoms with Gasteiger partial charge in [0.15, 0.2) is 0 Å². The van der Waals surface area contributed by atoms with E-state index in [4.69, 9.17) is 4.74 Å². The summed E-state index contributed by atoms with van der Waals surface area (Å²) in [6.07, 6.45) is 5.23. The van der Waals surface area contributed by atoms with Gasteiger partial charge in [0.25, 0.3) is 0 Å². The molecule has 0 aromatic carbocycles. The van der Waals surface area contributed by atoms with Crippen molar-refractivity contribution < 1.29 is 9.53 Å². The maximum absolute atomic E-state index is 11.4. The first kappa shape index (κ1) is 10.2. The van der Waals surface area contributed by atoms with E-state index in [9.17, 15) is 4.79 Å². The van der Waals surface area contributed by atoms with Gasteiger partial charge in [0.1, 0.15) is 0 Å². The first-order valence-corrected chi connectivity index (χ1v) is 5.10. The fourth-order valence-corrected chi connectivity index (χ4v) is 1.36. The van der Waals surface area contributed by atoms with Crippen molar-refractivity contribution in [1.29, 1.82) is 0 Å². The van der Waals surface area contributed by atoms with Crippen molar-refractivity contribution in [2.75, 3.05) is 13.2 Å². The summed E-state index contributed by atoms with van der Waals surface area (Å²) in [5.41, 5.74) is 1.09. The average Bonchev–Trinajstić information content (AvgIpc) is 2.95. The van der Waals surface area contributed by atoms with Gasteiger partial charge in [-0.25, -0.2) is 0 Å². The number of aryl methyl sites for hydroxylation is 2. The number of amides is 1. The van der Waals surface area contributed by atoms with Gasteiger partial charge >= 0.3 is 0 Å². The van der Waals surface area contributed by atoms with Gasteiger partial charge < -0.3 is 10.1 Å². The molecular formula is C10H15N3O2. The number of nitrogens with zero attached hydrogens (tertiary/aromatic N) is 2. The van der Waals surface area contributed by atoms with Crippen LogP contribution >= 0.6 is 0 Å². The molecule has 2 heterocycles. The van der Waals surface area contributed by atoms with Crippen LogP contribution in [0.15, 0.2) is 12.4 Å². The Bertz CT molecular complexity index is 344. The second-order valence-corrected chi connectivity index (χ2v) is 3.78. The van der Waals surface area contributed by atoms with Gasteiger partial charge in [0.05, 0.1) is 18.9 Å². The summed E-state index contributed by atoms with van der Waals surface area (Å²) in [5.74, 6) is 0.0781. The highest BCUT2D eigenvalue weighted by Crippen LogP contribution is 2.06. The van der Waals surface area contributed by atoms with E-state index in [1.54, 1.807) is 10.9 Å². The van der Waals surface area contributed by atoms with Crippen LogP contribution in [0.4, 0.5) is 0 Å². The molecule has 0 unspecified atom stereocenters. The lowest BCUT2D eigenvalue weighted by Gasteiger charge is -2.01. The number of hydrogen-bond acceptors (Lipinski definition) is 3. The fourth-order valence-electron chi connectivity index (χ4n) is 1.36. The average molecular weight is 209 g/mol. The van der Waals surface area contributed by atoms with Gasteiger partial charge in [-0.15, -0.1) is 0 Å². The van der Waals surface area contributed by atoms with E-state index < -0.39 is 0 Å². The Balaban J connectivity index is 1.65. The lowest BCUT2D eigenvalue weighted by atomic mass is 10.2. The molecule has 1 N–H and O–H groups in total. The molecule has 2 rings (SSSR count). The van der Waals surface area contributed by atoms with E-state index in [0.717, 1.165) is 18.6 Å². The van der Waals surface area contributed by atoms with Crippen LogP contribution < -0.4 is 5.32 Å². The number of nitrogens with one attached hydrogen (secondary N) is 1. The minimum atomic E-state index is 0.0781. The Hall–Kier alpha value is -1.36. The summed E-state index contributed by atoms with van der Waals surface area (Å²) in [6.45, 7) is 1.43. The molecular weight excluding hydrogens is 194 g/mol. The number of epoxide rings is 1. The third kappa shape index (κ3) is 3.36. The molecule has 0 spiro atoms. The molecule has 0 saturated carbocycles. The molecule has 1 aliphatic heterocycles. The van der Waals surface area contributed by atoms with Crippen LogP contribution in [0.5, 0.6) is 0 Å². The van der Waals surface area contributed by atoms with Crippen LogP contribution in [-0.2, 0) is 23.0 Å². The zero-order valence-corrected chi connectivity index (χ0v) is 8.77. The molecule has 5 nitrogen and oxygen atoms in total. The van der Waals surface area contributed by atoms with Crippen LogP contribution in [0.3, 0.4) is 0 Å². The van der Waals surface area contributed by atoms with Crippen molar-refractivity contribution in [1.82, 2.24) is 15.1 Å². The summed E-state index contributed by atoms with van der Waals surface area (Å²) in [6, 6.07) is 0. The molecule has 15 heavy (non-hydrogen) atoms. The summed E-state index contributed by atoms with van der Waals surface area (Å²) in [7, 11) is 1.87. The number of carbonyl (C=O) groups excluding carboxylic acids is 1. The van der Waals surface area contributed by atoms with Gasteiger partial charge in [-0.3, -0.25) is 9.48 Å². The summed E-state index contributed by atoms with van der Waals surface area (Å²) >= 11 is 0. The van der Waals surface area contributed by atoms with E-state index in [-0.39, 0.29) is 12.0 Å². The van der Waals surface area contributed by atoms with Crippen molar-refractivity contribution in [3.8, 4) is 0 Å². The number of rotatable bonds is 5. The largest absolute Gasteiger partial charge is 0.371 e. The van der Waals surface area contributed by atoms with Crippen molar-refractivity contribution in [2.24, 2.45) is 7.05 Å². The van der Waals surface area contributed by atoms with Crippen molar-refractivity contribution in [2.45, 2.75) is 18.9 Å². The van der Waals surface area contributed by atoms with E-state index in [1.807, 2.05) is 13.2 Å². The zero-order chi connectivity index (χ0) is 10.7. The number of carbonyl (C=O) groups is 1. The maximum atomic E-state index is 11.4. The molecule has 1 amide bonds. The van der Waals surface area contributed by atoms with E-state index in [0.29, 0.717) is 13.0 Å². The summed E-state index contributed by atoms with van der Waals surface area (Å²) in [5, 5.41) is 6.87. The lowest BCUT2D eigenvalue weighted by Crippen LogP contribution is -2.27. The molecule has 1 aromatic rings.